The van der Waals surface area contributed by atoms with Gasteiger partial charge in [-0.15, -0.1) is 5.10 Å². The molecular formula is C20H22ClN3OS3. The fraction of sp³-hybridized carbons (Fsp3) is 0.550. The Labute approximate surface area is 183 Å². The van der Waals surface area contributed by atoms with E-state index in [4.69, 9.17) is 23.8 Å². The average Bonchev–Trinajstić information content (AvgIpc) is 3.00. The molecule has 0 saturated heterocycles. The second-order valence-electron chi connectivity index (χ2n) is 8.56. The first kappa shape index (κ1) is 19.1. The van der Waals surface area contributed by atoms with Gasteiger partial charge >= 0.3 is 0 Å². The lowest BCUT2D eigenvalue weighted by molar-refractivity contribution is -0.124. The molecule has 0 aliphatic heterocycles. The molecule has 28 heavy (non-hydrogen) atoms. The molecule has 4 saturated carbocycles. The summed E-state index contributed by atoms with van der Waals surface area (Å²) >= 11 is 14.3. The molecule has 4 nitrogen and oxygen atoms in total. The number of hydrogen-bond donors (Lipinski definition) is 1. The Kier molecular flexibility index (Phi) is 5.06. The van der Waals surface area contributed by atoms with Crippen molar-refractivity contribution in [2.75, 3.05) is 5.75 Å². The summed E-state index contributed by atoms with van der Waals surface area (Å²) in [5.74, 6) is 3.02. The highest BCUT2D eigenvalue weighted by Gasteiger charge is 2.51. The molecule has 0 unspecified atom stereocenters. The lowest BCUT2D eigenvalue weighted by Gasteiger charge is -2.56. The summed E-state index contributed by atoms with van der Waals surface area (Å²) in [5.41, 5.74) is 0.956. The van der Waals surface area contributed by atoms with Crippen LogP contribution < -0.4 is 5.32 Å². The number of nitrogens with zero attached hydrogens (tertiary/aromatic N) is 2. The summed E-state index contributed by atoms with van der Waals surface area (Å²) in [6, 6.07) is 7.44. The number of amides is 1. The number of thioether (sulfide) groups is 1. The first-order valence-electron chi connectivity index (χ1n) is 9.78. The molecule has 8 heteroatoms. The number of benzene rings is 1. The molecular weight excluding hydrogens is 430 g/mol. The number of halogens is 1. The van der Waals surface area contributed by atoms with Gasteiger partial charge in [-0.25, -0.2) is 4.68 Å². The Hall–Kier alpha value is -0.890. The normalized spacial score (nSPS) is 30.5. The minimum atomic E-state index is 0.0711. The number of aromatic nitrogens is 2. The van der Waals surface area contributed by atoms with E-state index >= 15 is 0 Å². The van der Waals surface area contributed by atoms with Crippen molar-refractivity contribution in [3.63, 3.8) is 0 Å². The predicted molar refractivity (Wildman–Crippen MR) is 117 cm³/mol. The minimum absolute atomic E-state index is 0.0711. The third kappa shape index (κ3) is 3.78. The lowest BCUT2D eigenvalue weighted by Crippen LogP contribution is -2.60. The van der Waals surface area contributed by atoms with Crippen LogP contribution in [0, 0.1) is 21.7 Å². The van der Waals surface area contributed by atoms with E-state index < -0.39 is 0 Å². The number of carbonyl (C=O) groups excluding carboxylic acids is 1. The average molecular weight is 452 g/mol. The van der Waals surface area contributed by atoms with Crippen LogP contribution in [0.2, 0.25) is 5.02 Å². The molecule has 1 aromatic heterocycles. The van der Waals surface area contributed by atoms with Crippen LogP contribution >= 0.6 is 46.9 Å². The summed E-state index contributed by atoms with van der Waals surface area (Å²) in [4.78, 5) is 12.7. The summed E-state index contributed by atoms with van der Waals surface area (Å²) < 4.78 is 3.22. The van der Waals surface area contributed by atoms with Crippen LogP contribution in [0.5, 0.6) is 0 Å². The first-order chi connectivity index (χ1) is 13.5. The zero-order valence-corrected chi connectivity index (χ0v) is 18.6. The molecule has 2 aromatic rings. The summed E-state index contributed by atoms with van der Waals surface area (Å²) in [6.45, 7) is 0. The van der Waals surface area contributed by atoms with Crippen molar-refractivity contribution in [1.82, 2.24) is 15.1 Å². The maximum atomic E-state index is 12.7. The highest BCUT2D eigenvalue weighted by Crippen LogP contribution is 2.55. The molecule has 0 atom stereocenters. The zero-order valence-electron chi connectivity index (χ0n) is 15.4. The molecule has 4 aliphatic rings. The van der Waals surface area contributed by atoms with Gasteiger partial charge in [0.2, 0.25) is 5.91 Å². The van der Waals surface area contributed by atoms with Crippen molar-refractivity contribution >= 4 is 52.8 Å². The van der Waals surface area contributed by atoms with Crippen LogP contribution in [0.25, 0.3) is 5.69 Å². The number of hydrogen-bond acceptors (Lipinski definition) is 5. The molecule has 6 rings (SSSR count). The van der Waals surface area contributed by atoms with Crippen molar-refractivity contribution in [3.8, 4) is 5.69 Å². The highest BCUT2D eigenvalue weighted by atomic mass is 35.5. The van der Waals surface area contributed by atoms with Crippen LogP contribution in [0.1, 0.15) is 38.5 Å². The van der Waals surface area contributed by atoms with Gasteiger partial charge in [-0.05, 0) is 92.8 Å². The van der Waals surface area contributed by atoms with Gasteiger partial charge in [-0.1, -0.05) is 34.7 Å². The van der Waals surface area contributed by atoms with Gasteiger partial charge in [0.15, 0.2) is 8.29 Å². The molecule has 1 N–H and O–H groups in total. The maximum Gasteiger partial charge on any atom is 0.230 e. The van der Waals surface area contributed by atoms with Gasteiger partial charge < -0.3 is 5.32 Å². The number of carbonyl (C=O) groups is 1. The van der Waals surface area contributed by atoms with Gasteiger partial charge in [-0.2, -0.15) is 0 Å². The molecule has 0 radical (unpaired) electrons. The highest BCUT2D eigenvalue weighted by molar-refractivity contribution is 8.01. The third-order valence-electron chi connectivity index (χ3n) is 6.37. The van der Waals surface area contributed by atoms with Crippen molar-refractivity contribution in [3.05, 3.63) is 33.2 Å². The Morgan fingerprint density at radius 2 is 1.82 bits per heavy atom. The molecule has 4 fully saturated rings. The molecule has 4 aliphatic carbocycles. The van der Waals surface area contributed by atoms with Crippen LogP contribution in [-0.4, -0.2) is 27.0 Å². The van der Waals surface area contributed by atoms with E-state index in [2.05, 4.69) is 10.4 Å². The summed E-state index contributed by atoms with van der Waals surface area (Å²) in [7, 11) is 0. The largest absolute Gasteiger partial charge is 0.350 e. The maximum absolute atomic E-state index is 12.7. The monoisotopic (exact) mass is 451 g/mol. The fourth-order valence-electron chi connectivity index (χ4n) is 5.79. The first-order valence-corrected chi connectivity index (χ1v) is 12.4. The van der Waals surface area contributed by atoms with E-state index in [9.17, 15) is 4.79 Å². The van der Waals surface area contributed by atoms with E-state index in [-0.39, 0.29) is 11.4 Å². The van der Waals surface area contributed by atoms with Gasteiger partial charge in [-0.3, -0.25) is 4.79 Å². The van der Waals surface area contributed by atoms with Crippen molar-refractivity contribution in [1.29, 1.82) is 0 Å². The van der Waals surface area contributed by atoms with Crippen molar-refractivity contribution in [2.45, 2.75) is 48.4 Å². The van der Waals surface area contributed by atoms with Crippen LogP contribution in [0.4, 0.5) is 0 Å². The van der Waals surface area contributed by atoms with Crippen LogP contribution in [0.3, 0.4) is 0 Å². The topological polar surface area (TPSA) is 46.9 Å². The molecule has 1 heterocycles. The van der Waals surface area contributed by atoms with Gasteiger partial charge in [0.1, 0.15) is 0 Å². The molecule has 4 bridgehead atoms. The van der Waals surface area contributed by atoms with E-state index in [1.165, 1.54) is 61.6 Å². The summed E-state index contributed by atoms with van der Waals surface area (Å²) in [5, 5.41) is 8.68. The Balaban J connectivity index is 1.22. The Morgan fingerprint density at radius 1 is 1.21 bits per heavy atom. The standard InChI is InChI=1S/C20H22ClN3OS3/c21-15-1-3-16(4-2-15)24-19(26)28-18(23-24)27-11-17(25)22-20-8-12-5-13(9-20)7-14(6-12)10-20/h1-4,12-14H,5-11H2,(H,22,25). The smallest absolute Gasteiger partial charge is 0.230 e. The van der Waals surface area contributed by atoms with Crippen LogP contribution in [-0.2, 0) is 4.79 Å². The van der Waals surface area contributed by atoms with Crippen LogP contribution in [0.15, 0.2) is 28.6 Å². The van der Waals surface area contributed by atoms with Gasteiger partial charge in [0.25, 0.3) is 0 Å². The summed E-state index contributed by atoms with van der Waals surface area (Å²) in [6.07, 6.45) is 7.69. The van der Waals surface area contributed by atoms with Gasteiger partial charge in [0, 0.05) is 10.6 Å². The third-order valence-corrected chi connectivity index (χ3v) is 8.99. The molecule has 148 valence electrons. The second-order valence-corrected chi connectivity index (χ2v) is 11.8. The Bertz CT molecular complexity index is 917. The van der Waals surface area contributed by atoms with Crippen molar-refractivity contribution in [2.24, 2.45) is 17.8 Å². The van der Waals surface area contributed by atoms with E-state index in [1.54, 1.807) is 4.68 Å². The van der Waals surface area contributed by atoms with Crippen molar-refractivity contribution < 1.29 is 4.79 Å². The van der Waals surface area contributed by atoms with Gasteiger partial charge in [0.05, 0.1) is 11.4 Å². The Morgan fingerprint density at radius 3 is 2.43 bits per heavy atom. The van der Waals surface area contributed by atoms with E-state index in [1.807, 2.05) is 24.3 Å². The lowest BCUT2D eigenvalue weighted by atomic mass is 9.53. The molecule has 1 aromatic carbocycles. The molecule has 1 amide bonds. The predicted octanol–water partition coefficient (Wildman–Crippen LogP) is 5.49. The number of nitrogens with one attached hydrogen (secondary N) is 1. The zero-order chi connectivity index (χ0) is 19.3. The number of rotatable bonds is 5. The van der Waals surface area contributed by atoms with E-state index in [0.717, 1.165) is 27.8 Å². The SMILES string of the molecule is O=C(CSc1nn(-c2ccc(Cl)cc2)c(=S)s1)NC12CC3CC(CC(C3)C1)C2. The quantitative estimate of drug-likeness (QED) is 0.482. The molecule has 0 spiro atoms. The van der Waals surface area contributed by atoms with E-state index in [0.29, 0.717) is 14.7 Å². The fourth-order valence-corrected chi connectivity index (χ4v) is 8.07. The second kappa shape index (κ2) is 7.42. The minimum Gasteiger partial charge on any atom is -0.350 e.